The van der Waals surface area contributed by atoms with Gasteiger partial charge in [0.1, 0.15) is 0 Å². The zero-order valence-electron chi connectivity index (χ0n) is 12.3. The first-order valence-corrected chi connectivity index (χ1v) is 6.80. The summed E-state index contributed by atoms with van der Waals surface area (Å²) in [4.78, 5) is 22.9. The largest absolute Gasteiger partial charge is 0.330 e. The minimum Gasteiger partial charge on any atom is -0.330 e. The third kappa shape index (κ3) is 5.40. The number of nitrogens with two attached hydrogens (primary N) is 1. The number of aryl methyl sites for hydroxylation is 1. The normalized spacial score (nSPS) is 11.8. The fourth-order valence-electron chi connectivity index (χ4n) is 1.74. The second-order valence-corrected chi connectivity index (χ2v) is 5.14. The van der Waals surface area contributed by atoms with Crippen LogP contribution in [0.25, 0.3) is 0 Å². The standard InChI is InChI=1S/C15H23N3O2/c1-10(9-16)4-7-15(20)18-13-6-5-11(2)14(8-13)17-12(3)19/h5-6,8,10H,4,7,9,16H2,1-3H3,(H,17,19)(H,18,20). The summed E-state index contributed by atoms with van der Waals surface area (Å²) in [6.07, 6.45) is 1.22. The van der Waals surface area contributed by atoms with Crippen LogP contribution in [0.5, 0.6) is 0 Å². The van der Waals surface area contributed by atoms with E-state index in [1.807, 2.05) is 26.0 Å². The summed E-state index contributed by atoms with van der Waals surface area (Å²) in [5.74, 6) is 0.171. The summed E-state index contributed by atoms with van der Waals surface area (Å²) >= 11 is 0. The van der Waals surface area contributed by atoms with Gasteiger partial charge in [-0.2, -0.15) is 0 Å². The fraction of sp³-hybridized carbons (Fsp3) is 0.467. The van der Waals surface area contributed by atoms with Crippen molar-refractivity contribution in [3.63, 3.8) is 0 Å². The number of carbonyl (C=O) groups is 2. The van der Waals surface area contributed by atoms with Gasteiger partial charge in [0.25, 0.3) is 0 Å². The molecule has 1 aromatic carbocycles. The smallest absolute Gasteiger partial charge is 0.224 e. The lowest BCUT2D eigenvalue weighted by Gasteiger charge is -2.11. The fourth-order valence-corrected chi connectivity index (χ4v) is 1.74. The number of hydrogen-bond acceptors (Lipinski definition) is 3. The predicted molar refractivity (Wildman–Crippen MR) is 81.6 cm³/mol. The molecule has 20 heavy (non-hydrogen) atoms. The number of anilines is 2. The number of hydrogen-bond donors (Lipinski definition) is 3. The molecule has 0 bridgehead atoms. The molecule has 1 rings (SSSR count). The van der Waals surface area contributed by atoms with Crippen molar-refractivity contribution in [1.29, 1.82) is 0 Å². The maximum atomic E-state index is 11.8. The highest BCUT2D eigenvalue weighted by atomic mass is 16.2. The highest BCUT2D eigenvalue weighted by Crippen LogP contribution is 2.20. The van der Waals surface area contributed by atoms with Gasteiger partial charge in [-0.3, -0.25) is 9.59 Å². The average Bonchev–Trinajstić information content (AvgIpc) is 2.39. The molecule has 0 spiro atoms. The van der Waals surface area contributed by atoms with Crippen LogP contribution < -0.4 is 16.4 Å². The van der Waals surface area contributed by atoms with Gasteiger partial charge in [0.05, 0.1) is 0 Å². The van der Waals surface area contributed by atoms with Gasteiger partial charge in [-0.05, 0) is 43.5 Å². The van der Waals surface area contributed by atoms with E-state index in [4.69, 9.17) is 5.73 Å². The third-order valence-corrected chi connectivity index (χ3v) is 3.10. The van der Waals surface area contributed by atoms with Crippen LogP contribution in [0.3, 0.4) is 0 Å². The van der Waals surface area contributed by atoms with Crippen LogP contribution in [0.15, 0.2) is 18.2 Å². The molecule has 0 aliphatic rings. The van der Waals surface area contributed by atoms with Gasteiger partial charge in [0.2, 0.25) is 11.8 Å². The Hall–Kier alpha value is -1.88. The van der Waals surface area contributed by atoms with Gasteiger partial charge < -0.3 is 16.4 Å². The van der Waals surface area contributed by atoms with Gasteiger partial charge in [-0.1, -0.05) is 13.0 Å². The monoisotopic (exact) mass is 277 g/mol. The molecular weight excluding hydrogens is 254 g/mol. The molecule has 1 aromatic rings. The Bertz CT molecular complexity index is 486. The van der Waals surface area contributed by atoms with Crippen LogP contribution in [0.1, 0.15) is 32.3 Å². The number of nitrogens with one attached hydrogen (secondary N) is 2. The topological polar surface area (TPSA) is 84.2 Å². The quantitative estimate of drug-likeness (QED) is 0.745. The van der Waals surface area contributed by atoms with Crippen molar-refractivity contribution in [3.05, 3.63) is 23.8 Å². The molecule has 0 aromatic heterocycles. The first-order valence-electron chi connectivity index (χ1n) is 6.80. The molecule has 0 aliphatic carbocycles. The SMILES string of the molecule is CC(=O)Nc1cc(NC(=O)CCC(C)CN)ccc1C. The van der Waals surface area contributed by atoms with Crippen molar-refractivity contribution < 1.29 is 9.59 Å². The maximum Gasteiger partial charge on any atom is 0.224 e. The molecule has 1 atom stereocenters. The third-order valence-electron chi connectivity index (χ3n) is 3.10. The number of rotatable bonds is 6. The molecular formula is C15H23N3O2. The Labute approximate surface area is 119 Å². The van der Waals surface area contributed by atoms with E-state index in [2.05, 4.69) is 10.6 Å². The van der Waals surface area contributed by atoms with Crippen molar-refractivity contribution in [2.75, 3.05) is 17.2 Å². The van der Waals surface area contributed by atoms with E-state index in [1.54, 1.807) is 6.07 Å². The lowest BCUT2D eigenvalue weighted by atomic mass is 10.1. The average molecular weight is 277 g/mol. The molecule has 0 aliphatic heterocycles. The van der Waals surface area contributed by atoms with E-state index in [9.17, 15) is 9.59 Å². The lowest BCUT2D eigenvalue weighted by Crippen LogP contribution is -2.16. The molecule has 0 heterocycles. The van der Waals surface area contributed by atoms with E-state index < -0.39 is 0 Å². The van der Waals surface area contributed by atoms with Gasteiger partial charge in [-0.15, -0.1) is 0 Å². The van der Waals surface area contributed by atoms with Crippen LogP contribution in [0.2, 0.25) is 0 Å². The maximum absolute atomic E-state index is 11.8. The molecule has 0 saturated carbocycles. The zero-order valence-corrected chi connectivity index (χ0v) is 12.3. The molecule has 5 nitrogen and oxygen atoms in total. The first-order chi connectivity index (χ1) is 9.42. The Morgan fingerprint density at radius 1 is 1.30 bits per heavy atom. The van der Waals surface area contributed by atoms with Crippen LogP contribution in [-0.2, 0) is 9.59 Å². The minimum atomic E-state index is -0.131. The summed E-state index contributed by atoms with van der Waals surface area (Å²) in [5, 5.41) is 5.57. The van der Waals surface area contributed by atoms with E-state index >= 15 is 0 Å². The summed E-state index contributed by atoms with van der Waals surface area (Å²) in [6, 6.07) is 5.45. The molecule has 0 radical (unpaired) electrons. The van der Waals surface area contributed by atoms with Gasteiger partial charge >= 0.3 is 0 Å². The van der Waals surface area contributed by atoms with E-state index in [-0.39, 0.29) is 11.8 Å². The van der Waals surface area contributed by atoms with Crippen LogP contribution in [0.4, 0.5) is 11.4 Å². The number of carbonyl (C=O) groups excluding carboxylic acids is 2. The van der Waals surface area contributed by atoms with Gasteiger partial charge in [0.15, 0.2) is 0 Å². The Morgan fingerprint density at radius 3 is 2.60 bits per heavy atom. The Morgan fingerprint density at radius 2 is 2.00 bits per heavy atom. The van der Waals surface area contributed by atoms with Crippen molar-refractivity contribution in [3.8, 4) is 0 Å². The molecule has 1 unspecified atom stereocenters. The zero-order chi connectivity index (χ0) is 15.1. The van der Waals surface area contributed by atoms with E-state index in [1.165, 1.54) is 6.92 Å². The second-order valence-electron chi connectivity index (χ2n) is 5.14. The molecule has 5 heteroatoms. The summed E-state index contributed by atoms with van der Waals surface area (Å²) < 4.78 is 0. The highest BCUT2D eigenvalue weighted by Gasteiger charge is 2.07. The lowest BCUT2D eigenvalue weighted by molar-refractivity contribution is -0.116. The second kappa shape index (κ2) is 7.65. The summed E-state index contributed by atoms with van der Waals surface area (Å²) in [7, 11) is 0. The molecule has 0 fully saturated rings. The molecule has 4 N–H and O–H groups in total. The first kappa shape index (κ1) is 16.2. The molecule has 2 amide bonds. The van der Waals surface area contributed by atoms with Gasteiger partial charge in [0, 0.05) is 24.7 Å². The molecule has 110 valence electrons. The minimum absolute atomic E-state index is 0.0390. The summed E-state index contributed by atoms with van der Waals surface area (Å²) in [5.41, 5.74) is 7.87. The Balaban J connectivity index is 2.63. The van der Waals surface area contributed by atoms with Crippen LogP contribution in [0, 0.1) is 12.8 Å². The highest BCUT2D eigenvalue weighted by molar-refractivity contribution is 5.93. The van der Waals surface area contributed by atoms with Crippen molar-refractivity contribution in [2.45, 2.75) is 33.6 Å². The van der Waals surface area contributed by atoms with Crippen molar-refractivity contribution in [2.24, 2.45) is 11.7 Å². The molecule has 0 saturated heterocycles. The summed E-state index contributed by atoms with van der Waals surface area (Å²) in [6.45, 7) is 5.97. The van der Waals surface area contributed by atoms with Crippen LogP contribution in [-0.4, -0.2) is 18.4 Å². The van der Waals surface area contributed by atoms with Crippen LogP contribution >= 0.6 is 0 Å². The van der Waals surface area contributed by atoms with Gasteiger partial charge in [-0.25, -0.2) is 0 Å². The number of benzene rings is 1. The van der Waals surface area contributed by atoms with Crippen molar-refractivity contribution >= 4 is 23.2 Å². The predicted octanol–water partition coefficient (Wildman–Crippen LogP) is 2.27. The van der Waals surface area contributed by atoms with E-state index in [0.717, 1.165) is 12.0 Å². The van der Waals surface area contributed by atoms with E-state index in [0.29, 0.717) is 30.3 Å². The number of amides is 2. The van der Waals surface area contributed by atoms with Crippen molar-refractivity contribution in [1.82, 2.24) is 0 Å². The Kier molecular flexibility index (Phi) is 6.18.